The number of hydrogen-bond donors (Lipinski definition) is 0. The number of rotatable bonds is 2. The minimum Gasteiger partial charge on any atom is -0.299 e. The van der Waals surface area contributed by atoms with Crippen molar-refractivity contribution in [3.05, 3.63) is 46.6 Å². The molecule has 0 saturated heterocycles. The molecule has 0 radical (unpaired) electrons. The summed E-state index contributed by atoms with van der Waals surface area (Å²) in [6, 6.07) is 7.86. The van der Waals surface area contributed by atoms with Crippen LogP contribution in [0.2, 0.25) is 0 Å². The van der Waals surface area contributed by atoms with Crippen LogP contribution in [0.4, 0.5) is 0 Å². The fourth-order valence-corrected chi connectivity index (χ4v) is 14.9. The van der Waals surface area contributed by atoms with Crippen LogP contribution in [-0.2, 0) is 38.4 Å². The summed E-state index contributed by atoms with van der Waals surface area (Å²) in [5.41, 5.74) is -4.46. The van der Waals surface area contributed by atoms with Crippen molar-refractivity contribution in [2.75, 3.05) is 0 Å². The van der Waals surface area contributed by atoms with Gasteiger partial charge in [-0.2, -0.15) is 21.0 Å². The van der Waals surface area contributed by atoms with Crippen LogP contribution in [0, 0.1) is 136 Å². The maximum absolute atomic E-state index is 12.5. The summed E-state index contributed by atoms with van der Waals surface area (Å²) >= 11 is 0. The van der Waals surface area contributed by atoms with Crippen LogP contribution >= 0.6 is 0 Å². The number of ketones is 8. The zero-order valence-electron chi connectivity index (χ0n) is 47.1. The van der Waals surface area contributed by atoms with E-state index in [2.05, 4.69) is 27.7 Å². The SMILES string of the molecule is CC[C@@H]1CC(=O)[C@@]2(C)C=C(C#N)C(=O)C(C)(C)[C@@H]2C1.CC[C@H]1CC(=O)[C@@]2(C)C=C(C#N)C(=O)C(C)(C)[C@@H]2C1.C[C@@H]1CC(=O)[C@@]2(C)C=C(C#N)C(=O)C(C)(C)[C@@H]2C1.C[C@H]1CC(=O)[C@@]2(C)C=C(C#N)C(=O)C(C)(C)[C@@H]2C1. The van der Waals surface area contributed by atoms with Crippen molar-refractivity contribution in [2.45, 2.75) is 175 Å². The maximum atomic E-state index is 12.5. The largest absolute Gasteiger partial charge is 0.299 e. The average molecular weight is 1010 g/mol. The highest BCUT2D eigenvalue weighted by molar-refractivity contribution is 6.09. The van der Waals surface area contributed by atoms with Crippen LogP contribution in [0.15, 0.2) is 46.6 Å². The molecule has 4 saturated carbocycles. The number of carbonyl (C=O) groups excluding carboxylic acids is 8. The third-order valence-corrected chi connectivity index (χ3v) is 19.9. The Morgan fingerprint density at radius 1 is 0.378 bits per heavy atom. The third-order valence-electron chi connectivity index (χ3n) is 19.9. The van der Waals surface area contributed by atoms with E-state index in [9.17, 15) is 38.4 Å². The molecule has 0 aromatic heterocycles. The van der Waals surface area contributed by atoms with Crippen molar-refractivity contribution in [3.63, 3.8) is 0 Å². The van der Waals surface area contributed by atoms with Gasteiger partial charge in [0.1, 0.15) is 47.4 Å². The summed E-state index contributed by atoms with van der Waals surface area (Å²) in [5, 5.41) is 36.4. The minimum atomic E-state index is -0.645. The van der Waals surface area contributed by atoms with Crippen LogP contribution in [0.3, 0.4) is 0 Å². The molecule has 0 amide bonds. The number of nitriles is 4. The Balaban J connectivity index is 0.000000183. The van der Waals surface area contributed by atoms with E-state index in [0.717, 1.165) is 38.5 Å². The Hall–Kier alpha value is -5.72. The average Bonchev–Trinajstić information content (AvgIpc) is 3.33. The van der Waals surface area contributed by atoms with E-state index in [4.69, 9.17) is 21.0 Å². The lowest BCUT2D eigenvalue weighted by Gasteiger charge is -2.50. The predicted molar refractivity (Wildman–Crippen MR) is 279 cm³/mol. The summed E-state index contributed by atoms with van der Waals surface area (Å²) in [5.74, 6) is 1.66. The highest BCUT2D eigenvalue weighted by atomic mass is 16.2. The summed E-state index contributed by atoms with van der Waals surface area (Å²) in [7, 11) is 0. The van der Waals surface area contributed by atoms with Gasteiger partial charge in [0.05, 0.1) is 22.3 Å². The predicted octanol–water partition coefficient (Wildman–Crippen LogP) is 11.4. The second kappa shape index (κ2) is 20.4. The van der Waals surface area contributed by atoms with Gasteiger partial charge in [-0.1, -0.05) is 95.9 Å². The molecule has 0 aromatic carbocycles. The number of nitrogens with zero attached hydrogens (tertiary/aromatic N) is 4. The molecule has 74 heavy (non-hydrogen) atoms. The Labute approximate surface area is 440 Å². The maximum Gasteiger partial charge on any atom is 0.178 e. The molecule has 0 aromatic rings. The van der Waals surface area contributed by atoms with Gasteiger partial charge in [0.2, 0.25) is 0 Å². The van der Waals surface area contributed by atoms with Crippen LogP contribution in [0.5, 0.6) is 0 Å². The summed E-state index contributed by atoms with van der Waals surface area (Å²) in [6.07, 6.45) is 14.2. The minimum absolute atomic E-state index is 0.00542. The lowest BCUT2D eigenvalue weighted by Crippen LogP contribution is -2.53. The van der Waals surface area contributed by atoms with E-state index < -0.39 is 43.3 Å². The monoisotopic (exact) mass is 1010 g/mol. The van der Waals surface area contributed by atoms with Crippen molar-refractivity contribution < 1.29 is 38.4 Å². The quantitative estimate of drug-likeness (QED) is 0.251. The number of hydrogen-bond acceptors (Lipinski definition) is 12. The number of carbonyl (C=O) groups is 8. The lowest BCUT2D eigenvalue weighted by molar-refractivity contribution is -0.144. The van der Waals surface area contributed by atoms with Gasteiger partial charge < -0.3 is 0 Å². The molecule has 0 bridgehead atoms. The molecule has 12 nitrogen and oxygen atoms in total. The van der Waals surface area contributed by atoms with Crippen molar-refractivity contribution in [3.8, 4) is 24.3 Å². The molecular formula is C62H80N4O8. The van der Waals surface area contributed by atoms with Gasteiger partial charge in [-0.3, -0.25) is 38.4 Å². The topological polar surface area (TPSA) is 232 Å². The molecule has 8 rings (SSSR count). The fourth-order valence-electron chi connectivity index (χ4n) is 14.9. The molecule has 8 aliphatic carbocycles. The van der Waals surface area contributed by atoms with Gasteiger partial charge in [-0.15, -0.1) is 0 Å². The van der Waals surface area contributed by atoms with E-state index in [1.54, 1.807) is 24.3 Å². The summed E-state index contributed by atoms with van der Waals surface area (Å²) in [6.45, 7) is 30.9. The molecule has 8 aliphatic rings. The van der Waals surface area contributed by atoms with E-state index in [0.29, 0.717) is 49.4 Å². The second-order valence-corrected chi connectivity index (χ2v) is 26.4. The number of fused-ring (bicyclic) bond motifs is 4. The summed E-state index contributed by atoms with van der Waals surface area (Å²) < 4.78 is 0. The van der Waals surface area contributed by atoms with Gasteiger partial charge in [0, 0.05) is 69.0 Å². The van der Waals surface area contributed by atoms with Crippen molar-refractivity contribution in [2.24, 2.45) is 90.7 Å². The molecular weight excluding hydrogens is 929 g/mol. The van der Waals surface area contributed by atoms with Crippen LogP contribution < -0.4 is 0 Å². The Morgan fingerprint density at radius 3 is 0.784 bits per heavy atom. The smallest absolute Gasteiger partial charge is 0.178 e. The molecule has 0 spiro atoms. The first-order valence-corrected chi connectivity index (χ1v) is 26.8. The molecule has 0 aliphatic heterocycles. The van der Waals surface area contributed by atoms with Crippen molar-refractivity contribution in [1.82, 2.24) is 0 Å². The van der Waals surface area contributed by atoms with Gasteiger partial charge in [-0.05, 0) is 125 Å². The third kappa shape index (κ3) is 9.74. The highest BCUT2D eigenvalue weighted by Gasteiger charge is 2.60. The molecule has 0 unspecified atom stereocenters. The Bertz CT molecular complexity index is 2570. The number of allylic oxidation sites excluding steroid dienone is 8. The Kier molecular flexibility index (Phi) is 16.3. The normalized spacial score (nSPS) is 38.0. The van der Waals surface area contributed by atoms with E-state index in [1.165, 1.54) is 0 Å². The first-order valence-electron chi connectivity index (χ1n) is 26.8. The first kappa shape index (κ1) is 59.2. The molecule has 0 heterocycles. The standard InChI is InChI=1S/2C16H21NO2.2C15H19NO2/c2*1-5-10-6-12-15(2,3)14(19)11(9-17)8-16(12,4)13(18)7-10;2*1-9-5-11-14(2,3)13(18)10(8-16)7-15(11,4)12(17)6-9/h2*8,10,12H,5-7H2,1-4H3;2*7,9,11H,5-6H2,1-4H3/t10-,12+,16+;10-,12-,16-;9-,11+,15+;9-,11-,15-/m1010/s1. The second-order valence-electron chi connectivity index (χ2n) is 26.4. The van der Waals surface area contributed by atoms with E-state index >= 15 is 0 Å². The van der Waals surface area contributed by atoms with Gasteiger partial charge >= 0.3 is 0 Å². The van der Waals surface area contributed by atoms with Crippen LogP contribution in [0.25, 0.3) is 0 Å². The molecule has 396 valence electrons. The Morgan fingerprint density at radius 2 is 0.581 bits per heavy atom. The van der Waals surface area contributed by atoms with Crippen LogP contribution in [-0.4, -0.2) is 46.3 Å². The van der Waals surface area contributed by atoms with Crippen molar-refractivity contribution in [1.29, 1.82) is 21.0 Å². The lowest BCUT2D eigenvalue weighted by atomic mass is 9.50. The van der Waals surface area contributed by atoms with Crippen LogP contribution in [0.1, 0.15) is 175 Å². The molecule has 12 heteroatoms. The first-order chi connectivity index (χ1) is 34.0. The molecule has 0 N–H and O–H groups in total. The zero-order valence-corrected chi connectivity index (χ0v) is 47.1. The molecule has 12 atom stereocenters. The van der Waals surface area contributed by atoms with Gasteiger partial charge in [0.25, 0.3) is 0 Å². The number of Topliss-reactive ketones (excluding diaryl/α,β-unsaturated/α-hetero) is 8. The fraction of sp³-hybridized carbons (Fsp3) is 0.677. The van der Waals surface area contributed by atoms with E-state index in [-0.39, 0.29) is 92.2 Å². The molecule has 4 fully saturated rings. The van der Waals surface area contributed by atoms with E-state index in [1.807, 2.05) is 107 Å². The summed E-state index contributed by atoms with van der Waals surface area (Å²) in [4.78, 5) is 99.0. The zero-order chi connectivity index (χ0) is 56.3. The van der Waals surface area contributed by atoms with Gasteiger partial charge in [-0.25, -0.2) is 0 Å². The highest BCUT2D eigenvalue weighted by Crippen LogP contribution is 2.59. The van der Waals surface area contributed by atoms with Gasteiger partial charge in [0.15, 0.2) is 23.1 Å². The van der Waals surface area contributed by atoms with Crippen molar-refractivity contribution >= 4 is 46.3 Å².